The number of hydrogen-bond acceptors (Lipinski definition) is 3. The molecule has 0 aliphatic carbocycles. The Hall–Kier alpha value is -1.37. The molecule has 0 fully saturated rings. The van der Waals surface area contributed by atoms with Crippen molar-refractivity contribution in [2.24, 2.45) is 0 Å². The van der Waals surface area contributed by atoms with E-state index in [1.54, 1.807) is 7.05 Å². The molecule has 17 heavy (non-hydrogen) atoms. The van der Waals surface area contributed by atoms with Gasteiger partial charge >= 0.3 is 6.18 Å². The maximum Gasteiger partial charge on any atom is 0.405 e. The van der Waals surface area contributed by atoms with Crippen LogP contribution in [0.25, 0.3) is 0 Å². The first kappa shape index (κ1) is 13.7. The highest BCUT2D eigenvalue weighted by molar-refractivity contribution is 5.46. The third-order valence-corrected chi connectivity index (χ3v) is 2.05. The summed E-state index contributed by atoms with van der Waals surface area (Å²) in [5.74, 6) is -0.447. The van der Waals surface area contributed by atoms with Crippen LogP contribution in [0.1, 0.15) is 5.56 Å². The molecule has 0 spiro atoms. The van der Waals surface area contributed by atoms with Crippen molar-refractivity contribution in [3.8, 4) is 0 Å². The van der Waals surface area contributed by atoms with Gasteiger partial charge in [-0.1, -0.05) is 0 Å². The number of pyridine rings is 1. The molecular weight excluding hydrogens is 238 g/mol. The number of nitrogens with zero attached hydrogens (tertiary/aromatic N) is 2. The van der Waals surface area contributed by atoms with Gasteiger partial charge in [0.1, 0.15) is 18.2 Å². The fourth-order valence-corrected chi connectivity index (χ4v) is 1.48. The molecule has 1 aromatic heterocycles. The van der Waals surface area contributed by atoms with Crippen molar-refractivity contribution >= 4 is 5.82 Å². The highest BCUT2D eigenvalue weighted by Gasteiger charge is 2.30. The zero-order valence-corrected chi connectivity index (χ0v) is 9.48. The van der Waals surface area contributed by atoms with E-state index in [9.17, 15) is 17.6 Å². The Morgan fingerprint density at radius 1 is 1.41 bits per heavy atom. The molecule has 1 aromatic rings. The van der Waals surface area contributed by atoms with Crippen LogP contribution in [0.4, 0.5) is 23.4 Å². The monoisotopic (exact) mass is 251 g/mol. The quantitative estimate of drug-likeness (QED) is 0.829. The molecule has 96 valence electrons. The molecule has 0 unspecified atom stereocenters. The van der Waals surface area contributed by atoms with Crippen molar-refractivity contribution in [3.63, 3.8) is 0 Å². The van der Waals surface area contributed by atoms with E-state index in [2.05, 4.69) is 10.3 Å². The van der Waals surface area contributed by atoms with Crippen molar-refractivity contribution < 1.29 is 17.6 Å². The van der Waals surface area contributed by atoms with Gasteiger partial charge in [-0.15, -0.1) is 0 Å². The van der Waals surface area contributed by atoms with E-state index in [0.717, 1.165) is 11.1 Å². The van der Waals surface area contributed by atoms with Gasteiger partial charge in [0.25, 0.3) is 0 Å². The van der Waals surface area contributed by atoms with Crippen LogP contribution in [-0.2, 0) is 6.54 Å². The number of hydrogen-bond donors (Lipinski definition) is 1. The second kappa shape index (κ2) is 5.31. The standard InChI is InChI=1S/C10H13F4N3/c1-15-4-7-3-8(11)5-16-9(7)17(2)6-10(12,13)14/h3,5,15H,4,6H2,1-2H3. The number of anilines is 1. The Bertz CT molecular complexity index is 378. The largest absolute Gasteiger partial charge is 0.405 e. The van der Waals surface area contributed by atoms with Crippen LogP contribution in [0.5, 0.6) is 0 Å². The minimum Gasteiger partial charge on any atom is -0.350 e. The Morgan fingerprint density at radius 2 is 2.06 bits per heavy atom. The second-order valence-corrected chi connectivity index (χ2v) is 3.64. The highest BCUT2D eigenvalue weighted by Crippen LogP contribution is 2.22. The molecule has 0 amide bonds. The lowest BCUT2D eigenvalue weighted by Gasteiger charge is -2.22. The average Bonchev–Trinajstić information content (AvgIpc) is 2.15. The van der Waals surface area contributed by atoms with Crippen molar-refractivity contribution in [1.82, 2.24) is 10.3 Å². The Kier molecular flexibility index (Phi) is 4.28. The van der Waals surface area contributed by atoms with E-state index in [0.29, 0.717) is 5.56 Å². The second-order valence-electron chi connectivity index (χ2n) is 3.64. The van der Waals surface area contributed by atoms with Crippen LogP contribution in [0, 0.1) is 5.82 Å². The summed E-state index contributed by atoms with van der Waals surface area (Å²) in [6, 6.07) is 1.17. The summed E-state index contributed by atoms with van der Waals surface area (Å²) in [6.45, 7) is -0.870. The van der Waals surface area contributed by atoms with E-state index >= 15 is 0 Å². The average molecular weight is 251 g/mol. The minimum atomic E-state index is -4.32. The smallest absolute Gasteiger partial charge is 0.350 e. The summed E-state index contributed by atoms with van der Waals surface area (Å²) in [7, 11) is 2.89. The third-order valence-electron chi connectivity index (χ3n) is 2.05. The van der Waals surface area contributed by atoms with Gasteiger partial charge in [0.05, 0.1) is 6.20 Å². The van der Waals surface area contributed by atoms with Crippen molar-refractivity contribution in [1.29, 1.82) is 0 Å². The zero-order chi connectivity index (χ0) is 13.1. The summed E-state index contributed by atoms with van der Waals surface area (Å²) in [5, 5.41) is 2.75. The fourth-order valence-electron chi connectivity index (χ4n) is 1.48. The van der Waals surface area contributed by atoms with E-state index in [1.807, 2.05) is 0 Å². The number of aromatic nitrogens is 1. The summed E-state index contributed by atoms with van der Waals surface area (Å²) >= 11 is 0. The zero-order valence-electron chi connectivity index (χ0n) is 9.48. The number of halogens is 4. The van der Waals surface area contributed by atoms with Gasteiger partial charge in [-0.05, 0) is 13.1 Å². The Balaban J connectivity index is 2.95. The van der Waals surface area contributed by atoms with E-state index in [-0.39, 0.29) is 12.4 Å². The first-order valence-corrected chi connectivity index (χ1v) is 4.90. The molecule has 0 saturated carbocycles. The van der Waals surface area contributed by atoms with E-state index in [1.165, 1.54) is 13.1 Å². The Labute approximate surface area is 96.4 Å². The summed E-state index contributed by atoms with van der Waals surface area (Å²) in [5.41, 5.74) is 0.388. The molecule has 1 rings (SSSR count). The predicted octanol–water partition coefficient (Wildman–Crippen LogP) is 1.94. The third kappa shape index (κ3) is 4.18. The van der Waals surface area contributed by atoms with Crippen LogP contribution < -0.4 is 10.2 Å². The predicted molar refractivity (Wildman–Crippen MR) is 56.3 cm³/mol. The van der Waals surface area contributed by atoms with Gasteiger partial charge in [0, 0.05) is 19.2 Å². The maximum absolute atomic E-state index is 12.9. The van der Waals surface area contributed by atoms with Crippen molar-refractivity contribution in [2.75, 3.05) is 25.5 Å². The molecule has 0 aromatic carbocycles. The van der Waals surface area contributed by atoms with Gasteiger partial charge < -0.3 is 10.2 Å². The summed E-state index contributed by atoms with van der Waals surface area (Å²) in [6.07, 6.45) is -3.41. The van der Waals surface area contributed by atoms with Gasteiger partial charge in [-0.25, -0.2) is 9.37 Å². The lowest BCUT2D eigenvalue weighted by molar-refractivity contribution is -0.119. The molecule has 0 aliphatic heterocycles. The summed E-state index contributed by atoms with van der Waals surface area (Å²) < 4.78 is 49.6. The van der Waals surface area contributed by atoms with Crippen molar-refractivity contribution in [2.45, 2.75) is 12.7 Å². The van der Waals surface area contributed by atoms with Crippen LogP contribution in [0.3, 0.4) is 0 Å². The molecule has 3 nitrogen and oxygen atoms in total. The van der Waals surface area contributed by atoms with Crippen LogP contribution >= 0.6 is 0 Å². The highest BCUT2D eigenvalue weighted by atomic mass is 19.4. The van der Waals surface area contributed by atoms with Gasteiger partial charge in [-0.2, -0.15) is 13.2 Å². The molecule has 1 N–H and O–H groups in total. The SMILES string of the molecule is CNCc1cc(F)cnc1N(C)CC(F)(F)F. The molecule has 0 atom stereocenters. The molecule has 0 saturated heterocycles. The van der Waals surface area contributed by atoms with Gasteiger partial charge in [0.15, 0.2) is 0 Å². The van der Waals surface area contributed by atoms with E-state index in [4.69, 9.17) is 0 Å². The number of nitrogens with one attached hydrogen (secondary N) is 1. The first-order chi connectivity index (χ1) is 7.83. The molecule has 0 bridgehead atoms. The van der Waals surface area contributed by atoms with Crippen LogP contribution in [0.2, 0.25) is 0 Å². The molecule has 0 aliphatic rings. The first-order valence-electron chi connectivity index (χ1n) is 4.90. The number of rotatable bonds is 4. The molecule has 7 heteroatoms. The summed E-state index contributed by atoms with van der Waals surface area (Å²) in [4.78, 5) is 4.64. The molecule has 0 radical (unpaired) electrons. The normalized spacial score (nSPS) is 11.6. The van der Waals surface area contributed by atoms with Crippen LogP contribution in [-0.4, -0.2) is 31.8 Å². The Morgan fingerprint density at radius 3 is 2.59 bits per heavy atom. The number of alkyl halides is 3. The van der Waals surface area contributed by atoms with E-state index < -0.39 is 18.5 Å². The minimum absolute atomic E-state index is 0.123. The lowest BCUT2D eigenvalue weighted by Crippen LogP contribution is -2.32. The molecule has 1 heterocycles. The fraction of sp³-hybridized carbons (Fsp3) is 0.500. The van der Waals surface area contributed by atoms with Gasteiger partial charge in [0.2, 0.25) is 0 Å². The lowest BCUT2D eigenvalue weighted by atomic mass is 10.2. The topological polar surface area (TPSA) is 28.2 Å². The van der Waals surface area contributed by atoms with Crippen molar-refractivity contribution in [3.05, 3.63) is 23.6 Å². The maximum atomic E-state index is 12.9. The molecular formula is C10H13F4N3. The van der Waals surface area contributed by atoms with Gasteiger partial charge in [-0.3, -0.25) is 0 Å². The van der Waals surface area contributed by atoms with Crippen LogP contribution in [0.15, 0.2) is 12.3 Å².